The van der Waals surface area contributed by atoms with E-state index in [2.05, 4.69) is 34.5 Å². The number of amides is 1. The van der Waals surface area contributed by atoms with Crippen LogP contribution in [0.2, 0.25) is 0 Å². The van der Waals surface area contributed by atoms with E-state index in [-0.39, 0.29) is 5.91 Å². The summed E-state index contributed by atoms with van der Waals surface area (Å²) in [5.74, 6) is -0.0377. The number of carbonyl (C=O) groups is 1. The summed E-state index contributed by atoms with van der Waals surface area (Å²) in [5, 5.41) is 3.08. The summed E-state index contributed by atoms with van der Waals surface area (Å²) in [7, 11) is 0. The lowest BCUT2D eigenvalue weighted by Gasteiger charge is -2.31. The third-order valence-electron chi connectivity index (χ3n) is 4.81. The van der Waals surface area contributed by atoms with Gasteiger partial charge >= 0.3 is 0 Å². The van der Waals surface area contributed by atoms with Crippen LogP contribution in [-0.2, 0) is 17.8 Å². The Morgan fingerprint density at radius 3 is 2.30 bits per heavy atom. The Hall–Kier alpha value is -3.33. The molecule has 0 saturated heterocycles. The highest BCUT2D eigenvalue weighted by Crippen LogP contribution is 2.29. The molecular weight excluding hydrogens is 332 g/mol. The average Bonchev–Trinajstić information content (AvgIpc) is 2.74. The minimum absolute atomic E-state index is 0.0377. The molecule has 1 aliphatic heterocycles. The molecule has 1 amide bonds. The summed E-state index contributed by atoms with van der Waals surface area (Å²) < 4.78 is 0. The van der Waals surface area contributed by atoms with E-state index in [1.165, 1.54) is 11.1 Å². The molecule has 27 heavy (non-hydrogen) atoms. The van der Waals surface area contributed by atoms with Crippen molar-refractivity contribution < 1.29 is 4.79 Å². The van der Waals surface area contributed by atoms with Crippen LogP contribution in [0.4, 0.5) is 5.69 Å². The highest BCUT2D eigenvalue weighted by molar-refractivity contribution is 6.02. The molecule has 1 heterocycles. The number of fused-ring (bicyclic) bond motifs is 1. The third kappa shape index (κ3) is 3.93. The molecule has 0 aromatic heterocycles. The van der Waals surface area contributed by atoms with E-state index < -0.39 is 0 Å². The molecule has 0 saturated carbocycles. The van der Waals surface area contributed by atoms with Crippen molar-refractivity contribution in [3.8, 4) is 0 Å². The van der Waals surface area contributed by atoms with Crippen LogP contribution in [0.15, 0.2) is 90.6 Å². The van der Waals surface area contributed by atoms with Crippen molar-refractivity contribution in [1.29, 1.82) is 0 Å². The van der Waals surface area contributed by atoms with Gasteiger partial charge in [-0.05, 0) is 41.3 Å². The van der Waals surface area contributed by atoms with Crippen molar-refractivity contribution >= 4 is 17.7 Å². The van der Waals surface area contributed by atoms with Crippen molar-refractivity contribution in [3.63, 3.8) is 0 Å². The van der Waals surface area contributed by atoms with Gasteiger partial charge < -0.3 is 10.2 Å². The highest BCUT2D eigenvalue weighted by Gasteiger charge is 2.24. The Balaban J connectivity index is 1.55. The molecule has 0 fully saturated rings. The molecule has 134 valence electrons. The maximum Gasteiger partial charge on any atom is 0.267 e. The number of nitrogens with one attached hydrogen (secondary N) is 1. The number of anilines is 1. The van der Waals surface area contributed by atoms with Crippen LogP contribution in [0.1, 0.15) is 16.7 Å². The van der Waals surface area contributed by atoms with Crippen molar-refractivity contribution in [1.82, 2.24) is 5.32 Å². The molecule has 0 bridgehead atoms. The van der Waals surface area contributed by atoms with Crippen LogP contribution in [0.3, 0.4) is 0 Å². The number of carbonyl (C=O) groups excluding carboxylic acids is 1. The first-order valence-electron chi connectivity index (χ1n) is 9.25. The van der Waals surface area contributed by atoms with E-state index in [9.17, 15) is 4.79 Å². The Morgan fingerprint density at radius 2 is 1.52 bits per heavy atom. The molecule has 3 aromatic carbocycles. The predicted octanol–water partition coefficient (Wildman–Crippen LogP) is 4.41. The van der Waals surface area contributed by atoms with Gasteiger partial charge in [-0.25, -0.2) is 0 Å². The molecule has 3 aromatic rings. The van der Waals surface area contributed by atoms with Gasteiger partial charge in [0, 0.05) is 18.8 Å². The lowest BCUT2D eigenvalue weighted by atomic mass is 10.0. The lowest BCUT2D eigenvalue weighted by Crippen LogP contribution is -2.37. The molecule has 0 unspecified atom stereocenters. The van der Waals surface area contributed by atoms with Crippen LogP contribution in [0.25, 0.3) is 6.08 Å². The number of hydrogen-bond acceptors (Lipinski definition) is 2. The van der Waals surface area contributed by atoms with E-state index in [4.69, 9.17) is 0 Å². The van der Waals surface area contributed by atoms with Gasteiger partial charge in [0.25, 0.3) is 5.91 Å². The summed E-state index contributed by atoms with van der Waals surface area (Å²) in [5.41, 5.74) is 5.27. The Labute approximate surface area is 160 Å². The first-order chi connectivity index (χ1) is 13.3. The fraction of sp³-hybridized carbons (Fsp3) is 0.125. The van der Waals surface area contributed by atoms with Gasteiger partial charge in [0.1, 0.15) is 5.70 Å². The number of rotatable bonds is 5. The molecule has 1 N–H and O–H groups in total. The van der Waals surface area contributed by atoms with E-state index in [0.717, 1.165) is 17.7 Å². The fourth-order valence-corrected chi connectivity index (χ4v) is 3.38. The standard InChI is InChI=1S/C24H22N2O/c27-24(25-16-15-19-9-3-1-4-10-19)23-17-20-11-7-8-12-21(20)18-26(23)22-13-5-2-6-14-22/h1-14,17H,15-16,18H2,(H,25,27). The first kappa shape index (κ1) is 17.1. The number of benzene rings is 3. The minimum atomic E-state index is -0.0377. The summed E-state index contributed by atoms with van der Waals surface area (Å²) in [6, 6.07) is 28.5. The largest absolute Gasteiger partial charge is 0.350 e. The zero-order valence-corrected chi connectivity index (χ0v) is 15.1. The Bertz CT molecular complexity index is 948. The van der Waals surface area contributed by atoms with Crippen molar-refractivity contribution in [2.75, 3.05) is 11.4 Å². The van der Waals surface area contributed by atoms with Gasteiger partial charge in [0.2, 0.25) is 0 Å². The van der Waals surface area contributed by atoms with Crippen LogP contribution in [0.5, 0.6) is 0 Å². The van der Waals surface area contributed by atoms with E-state index in [0.29, 0.717) is 18.8 Å². The second kappa shape index (κ2) is 7.92. The molecule has 0 atom stereocenters. The topological polar surface area (TPSA) is 32.3 Å². The second-order valence-corrected chi connectivity index (χ2v) is 6.64. The molecule has 3 nitrogen and oxygen atoms in total. The van der Waals surface area contributed by atoms with Gasteiger partial charge in [-0.3, -0.25) is 4.79 Å². The van der Waals surface area contributed by atoms with Crippen LogP contribution in [0, 0.1) is 0 Å². The smallest absolute Gasteiger partial charge is 0.267 e. The summed E-state index contributed by atoms with van der Waals surface area (Å²) >= 11 is 0. The van der Waals surface area contributed by atoms with Gasteiger partial charge in [-0.1, -0.05) is 72.8 Å². The Morgan fingerprint density at radius 1 is 0.852 bits per heavy atom. The monoisotopic (exact) mass is 354 g/mol. The molecule has 4 rings (SSSR count). The second-order valence-electron chi connectivity index (χ2n) is 6.64. The van der Waals surface area contributed by atoms with Crippen LogP contribution >= 0.6 is 0 Å². The van der Waals surface area contributed by atoms with Crippen molar-refractivity contribution in [2.24, 2.45) is 0 Å². The summed E-state index contributed by atoms with van der Waals surface area (Å²) in [6.07, 6.45) is 2.81. The summed E-state index contributed by atoms with van der Waals surface area (Å²) in [6.45, 7) is 1.31. The SMILES string of the molecule is O=C(NCCc1ccccc1)C1=Cc2ccccc2CN1c1ccccc1. The average molecular weight is 354 g/mol. The van der Waals surface area contributed by atoms with Gasteiger partial charge in [-0.15, -0.1) is 0 Å². The lowest BCUT2D eigenvalue weighted by molar-refractivity contribution is -0.117. The molecule has 0 spiro atoms. The number of nitrogens with zero attached hydrogens (tertiary/aromatic N) is 1. The predicted molar refractivity (Wildman–Crippen MR) is 110 cm³/mol. The van der Waals surface area contributed by atoms with Crippen LogP contribution < -0.4 is 10.2 Å². The highest BCUT2D eigenvalue weighted by atomic mass is 16.2. The van der Waals surface area contributed by atoms with Crippen molar-refractivity contribution in [3.05, 3.63) is 107 Å². The molecular formula is C24H22N2O. The molecule has 0 radical (unpaired) electrons. The van der Waals surface area contributed by atoms with E-state index >= 15 is 0 Å². The normalized spacial score (nSPS) is 12.9. The Kier molecular flexibility index (Phi) is 5.01. The molecule has 1 aliphatic rings. The van der Waals surface area contributed by atoms with E-state index in [1.54, 1.807) is 0 Å². The summed E-state index contributed by atoms with van der Waals surface area (Å²) in [4.78, 5) is 15.0. The van der Waals surface area contributed by atoms with Crippen molar-refractivity contribution in [2.45, 2.75) is 13.0 Å². The minimum Gasteiger partial charge on any atom is -0.350 e. The van der Waals surface area contributed by atoms with Gasteiger partial charge in [0.15, 0.2) is 0 Å². The first-order valence-corrected chi connectivity index (χ1v) is 9.25. The number of para-hydroxylation sites is 1. The third-order valence-corrected chi connectivity index (χ3v) is 4.81. The quantitative estimate of drug-likeness (QED) is 0.736. The fourth-order valence-electron chi connectivity index (χ4n) is 3.38. The molecule has 3 heteroatoms. The van der Waals surface area contributed by atoms with Gasteiger partial charge in [0.05, 0.1) is 0 Å². The molecule has 0 aliphatic carbocycles. The van der Waals surface area contributed by atoms with E-state index in [1.807, 2.05) is 66.7 Å². The zero-order chi connectivity index (χ0) is 18.5. The maximum absolute atomic E-state index is 13.0. The van der Waals surface area contributed by atoms with Crippen LogP contribution in [-0.4, -0.2) is 12.5 Å². The zero-order valence-electron chi connectivity index (χ0n) is 15.1. The maximum atomic E-state index is 13.0. The number of hydrogen-bond donors (Lipinski definition) is 1. The van der Waals surface area contributed by atoms with Gasteiger partial charge in [-0.2, -0.15) is 0 Å².